The number of rotatable bonds is 6. The summed E-state index contributed by atoms with van der Waals surface area (Å²) >= 11 is 0. The summed E-state index contributed by atoms with van der Waals surface area (Å²) in [5.41, 5.74) is 3.64. The van der Waals surface area contributed by atoms with Gasteiger partial charge in [0.1, 0.15) is 22.8 Å². The van der Waals surface area contributed by atoms with Crippen LogP contribution in [0.15, 0.2) is 41.0 Å². The van der Waals surface area contributed by atoms with Gasteiger partial charge in [-0.3, -0.25) is 9.59 Å². The van der Waals surface area contributed by atoms with E-state index in [1.54, 1.807) is 12.3 Å². The van der Waals surface area contributed by atoms with Crippen molar-refractivity contribution in [3.8, 4) is 0 Å². The van der Waals surface area contributed by atoms with Crippen molar-refractivity contribution in [2.75, 3.05) is 5.32 Å². The van der Waals surface area contributed by atoms with Gasteiger partial charge in [0, 0.05) is 36.2 Å². The van der Waals surface area contributed by atoms with Crippen molar-refractivity contribution < 1.29 is 23.5 Å². The summed E-state index contributed by atoms with van der Waals surface area (Å²) in [4.78, 5) is 40.2. The lowest BCUT2D eigenvalue weighted by Crippen LogP contribution is -2.32. The lowest BCUT2D eigenvalue weighted by Gasteiger charge is -2.19. The van der Waals surface area contributed by atoms with E-state index in [-0.39, 0.29) is 18.4 Å². The summed E-state index contributed by atoms with van der Waals surface area (Å²) in [6.45, 7) is 15.9. The van der Waals surface area contributed by atoms with Gasteiger partial charge in [0.05, 0.1) is 6.54 Å². The zero-order chi connectivity index (χ0) is 29.9. The third-order valence-electron chi connectivity index (χ3n) is 5.68. The number of hydrogen-bond donors (Lipinski definition) is 3. The Morgan fingerprint density at radius 3 is 2.52 bits per heavy atom. The minimum atomic E-state index is -0.574. The first-order valence-electron chi connectivity index (χ1n) is 13.8. The van der Waals surface area contributed by atoms with Gasteiger partial charge in [-0.25, -0.2) is 9.78 Å². The third-order valence-corrected chi connectivity index (χ3v) is 5.68. The number of pyridine rings is 1. The number of nitrogens with zero attached hydrogens (tertiary/aromatic N) is 1. The molecule has 0 saturated heterocycles. The number of nitrogens with one attached hydrogen (secondary N) is 3. The summed E-state index contributed by atoms with van der Waals surface area (Å²) < 4.78 is 11.3. The average Bonchev–Trinajstić information content (AvgIpc) is 3.26. The molecule has 1 aromatic carbocycles. The molecule has 0 radical (unpaired) electrons. The molecule has 0 aliphatic carbocycles. The van der Waals surface area contributed by atoms with Crippen molar-refractivity contribution in [1.82, 2.24) is 15.6 Å². The first-order chi connectivity index (χ1) is 19.1. The van der Waals surface area contributed by atoms with Crippen LogP contribution in [0.2, 0.25) is 0 Å². The highest BCUT2D eigenvalue weighted by Gasteiger charge is 2.18. The van der Waals surface area contributed by atoms with Crippen molar-refractivity contribution >= 4 is 40.8 Å². The summed E-state index contributed by atoms with van der Waals surface area (Å²) in [7, 11) is 0. The van der Waals surface area contributed by atoms with E-state index < -0.39 is 11.7 Å². The minimum Gasteiger partial charge on any atom is -0.459 e. The highest BCUT2D eigenvalue weighted by Crippen LogP contribution is 2.28. The number of carbonyl (C=O) groups excluding carboxylic acids is 3. The van der Waals surface area contributed by atoms with Crippen molar-refractivity contribution in [3.63, 3.8) is 0 Å². The Bertz CT molecular complexity index is 1350. The number of benzene rings is 1. The highest BCUT2D eigenvalue weighted by molar-refractivity contribution is 5.94. The van der Waals surface area contributed by atoms with Crippen LogP contribution in [0.25, 0.3) is 17.0 Å². The van der Waals surface area contributed by atoms with E-state index >= 15 is 0 Å². The Morgan fingerprint density at radius 1 is 1.10 bits per heavy atom. The molecule has 3 N–H and O–H groups in total. The van der Waals surface area contributed by atoms with Gasteiger partial charge < -0.3 is 25.1 Å². The fourth-order valence-electron chi connectivity index (χ4n) is 4.00. The van der Waals surface area contributed by atoms with E-state index in [0.29, 0.717) is 36.5 Å². The molecular weight excluding hydrogens is 508 g/mol. The van der Waals surface area contributed by atoms with Crippen LogP contribution in [0.3, 0.4) is 0 Å². The van der Waals surface area contributed by atoms with E-state index in [1.807, 2.05) is 79.7 Å². The molecular formula is C31H42N4O5. The molecule has 0 saturated carbocycles. The Labute approximate surface area is 236 Å². The van der Waals surface area contributed by atoms with Gasteiger partial charge in [-0.05, 0) is 69.0 Å². The molecule has 216 valence electrons. The number of anilines is 1. The lowest BCUT2D eigenvalue weighted by atomic mass is 10.0. The van der Waals surface area contributed by atoms with E-state index in [2.05, 4.69) is 20.9 Å². The molecule has 0 unspecified atom stereocenters. The Hall–Kier alpha value is -4.14. The number of aryl methyl sites for hydroxylation is 2. The number of amides is 3. The maximum absolute atomic E-state index is 12.4. The Kier molecular flexibility index (Phi) is 11.9. The third kappa shape index (κ3) is 8.97. The summed E-state index contributed by atoms with van der Waals surface area (Å²) in [6, 6.07) is 7.56. The summed E-state index contributed by atoms with van der Waals surface area (Å²) in [6.07, 6.45) is 5.31. The number of furan rings is 1. The monoisotopic (exact) mass is 550 g/mol. The van der Waals surface area contributed by atoms with E-state index in [9.17, 15) is 14.4 Å². The Morgan fingerprint density at radius 2 is 1.82 bits per heavy atom. The van der Waals surface area contributed by atoms with E-state index in [1.165, 1.54) is 6.08 Å². The number of aromatic nitrogens is 1. The predicted octanol–water partition coefficient (Wildman–Crippen LogP) is 6.43. The van der Waals surface area contributed by atoms with Crippen LogP contribution >= 0.6 is 0 Å². The second-order valence-corrected chi connectivity index (χ2v) is 9.67. The van der Waals surface area contributed by atoms with E-state index in [0.717, 1.165) is 27.6 Å². The van der Waals surface area contributed by atoms with Crippen LogP contribution in [0.1, 0.15) is 82.9 Å². The molecule has 3 aromatic rings. The maximum Gasteiger partial charge on any atom is 0.407 e. The molecule has 1 aliphatic heterocycles. The SMILES string of the molecule is CC.CC.Cc1c(CNC(=O)/C=C/c2cnc3c(c2)CCC(=O)N3)oc2cccc(CNC(=O)OC(C)(C)C)c12. The first-order valence-corrected chi connectivity index (χ1v) is 13.8. The molecule has 3 amide bonds. The molecule has 2 aromatic heterocycles. The molecule has 40 heavy (non-hydrogen) atoms. The van der Waals surface area contributed by atoms with Crippen molar-refractivity contribution in [2.24, 2.45) is 0 Å². The zero-order valence-electron chi connectivity index (χ0n) is 24.9. The normalized spacial score (nSPS) is 12.3. The molecule has 0 atom stereocenters. The predicted molar refractivity (Wildman–Crippen MR) is 159 cm³/mol. The van der Waals surface area contributed by atoms with E-state index in [4.69, 9.17) is 9.15 Å². The fourth-order valence-corrected chi connectivity index (χ4v) is 4.00. The second-order valence-electron chi connectivity index (χ2n) is 9.67. The summed E-state index contributed by atoms with van der Waals surface area (Å²) in [5, 5.41) is 9.27. The molecule has 1 aliphatic rings. The van der Waals surface area contributed by atoms with Crippen molar-refractivity contribution in [2.45, 2.75) is 86.9 Å². The van der Waals surface area contributed by atoms with Crippen LogP contribution in [-0.4, -0.2) is 28.5 Å². The number of alkyl carbamates (subject to hydrolysis) is 1. The molecule has 9 heteroatoms. The van der Waals surface area contributed by atoms with Gasteiger partial charge in [0.2, 0.25) is 11.8 Å². The van der Waals surface area contributed by atoms with Gasteiger partial charge >= 0.3 is 6.09 Å². The average molecular weight is 551 g/mol. The van der Waals surface area contributed by atoms with Gasteiger partial charge in [-0.15, -0.1) is 0 Å². The van der Waals surface area contributed by atoms with Crippen LogP contribution < -0.4 is 16.0 Å². The van der Waals surface area contributed by atoms with Crippen LogP contribution in [0.5, 0.6) is 0 Å². The van der Waals surface area contributed by atoms with Gasteiger partial charge in [-0.2, -0.15) is 0 Å². The quantitative estimate of drug-likeness (QED) is 0.304. The van der Waals surface area contributed by atoms with Crippen LogP contribution in [-0.2, 0) is 33.8 Å². The first kappa shape index (κ1) is 32.1. The largest absolute Gasteiger partial charge is 0.459 e. The molecule has 0 fully saturated rings. The smallest absolute Gasteiger partial charge is 0.407 e. The number of carbonyl (C=O) groups is 3. The minimum absolute atomic E-state index is 0.0371. The van der Waals surface area contributed by atoms with Crippen molar-refractivity contribution in [1.29, 1.82) is 0 Å². The highest BCUT2D eigenvalue weighted by atomic mass is 16.6. The number of fused-ring (bicyclic) bond motifs is 2. The molecule has 4 rings (SSSR count). The topological polar surface area (TPSA) is 123 Å². The van der Waals surface area contributed by atoms with Crippen molar-refractivity contribution in [3.05, 3.63) is 64.6 Å². The van der Waals surface area contributed by atoms with Gasteiger partial charge in [0.25, 0.3) is 0 Å². The summed E-state index contributed by atoms with van der Waals surface area (Å²) in [5.74, 6) is 0.911. The van der Waals surface area contributed by atoms with Gasteiger partial charge in [-0.1, -0.05) is 39.8 Å². The lowest BCUT2D eigenvalue weighted by molar-refractivity contribution is -0.117. The standard InChI is InChI=1S/C27H30N4O5.2C2H6/c1-16-21(35-20-7-5-6-19(24(16)20)14-30-26(34)36-27(2,3)4)15-28-22(32)10-8-17-12-18-9-11-23(33)31-25(18)29-13-17;2*1-2/h5-8,10,12-13H,9,11,14-15H2,1-4H3,(H,28,32)(H,30,34)(H,29,31,33);2*1-2H3/b10-8+;;. The fraction of sp³-hybridized carbons (Fsp3) is 0.419. The molecule has 0 spiro atoms. The number of hydrogen-bond acceptors (Lipinski definition) is 6. The maximum atomic E-state index is 12.4. The van der Waals surface area contributed by atoms with Gasteiger partial charge in [0.15, 0.2) is 0 Å². The van der Waals surface area contributed by atoms with Crippen LogP contribution in [0.4, 0.5) is 10.6 Å². The molecule has 9 nitrogen and oxygen atoms in total. The number of ether oxygens (including phenoxy) is 1. The second kappa shape index (κ2) is 14.9. The van der Waals surface area contributed by atoms with Crippen LogP contribution in [0, 0.1) is 6.92 Å². The zero-order valence-corrected chi connectivity index (χ0v) is 24.9. The molecule has 0 bridgehead atoms. The Balaban J connectivity index is 0.00000134. The molecule has 3 heterocycles.